The van der Waals surface area contributed by atoms with Crippen LogP contribution in [0.5, 0.6) is 0 Å². The molecule has 0 saturated carbocycles. The first-order valence-electron chi connectivity index (χ1n) is 4.89. The van der Waals surface area contributed by atoms with E-state index >= 15 is 0 Å². The molecule has 0 unspecified atom stereocenters. The van der Waals surface area contributed by atoms with E-state index in [0.717, 1.165) is 10.9 Å². The van der Waals surface area contributed by atoms with Gasteiger partial charge < -0.3 is 4.57 Å². The van der Waals surface area contributed by atoms with Crippen molar-refractivity contribution in [2.75, 3.05) is 0 Å². The zero-order chi connectivity index (χ0) is 10.5. The molecule has 74 valence electrons. The lowest BCUT2D eigenvalue weighted by Gasteiger charge is -1.88. The molecule has 2 nitrogen and oxygen atoms in total. The third kappa shape index (κ3) is 2.70. The van der Waals surface area contributed by atoms with Gasteiger partial charge in [0.2, 0.25) is 0 Å². The molecule has 0 bridgehead atoms. The van der Waals surface area contributed by atoms with Crippen LogP contribution in [0.3, 0.4) is 0 Å². The molecule has 0 amide bonds. The summed E-state index contributed by atoms with van der Waals surface area (Å²) in [7, 11) is 1.99. The van der Waals surface area contributed by atoms with Crippen LogP contribution in [-0.4, -0.2) is 10.8 Å². The van der Waals surface area contributed by atoms with E-state index in [1.165, 1.54) is 0 Å². The van der Waals surface area contributed by atoms with Gasteiger partial charge in [0, 0.05) is 31.6 Å². The number of hydrogen-bond donors (Lipinski definition) is 0. The number of rotatable bonds is 1. The number of aryl methyl sites for hydroxylation is 1. The molecule has 0 radical (unpaired) electrons. The van der Waals surface area contributed by atoms with Gasteiger partial charge in [-0.1, -0.05) is 22.9 Å². The Morgan fingerprint density at radius 3 is 2.33 bits per heavy atom. The SMILES string of the molecule is Cn1ccc(=[N+]=Cc2ccccc2)cc1. The van der Waals surface area contributed by atoms with Crippen LogP contribution in [0.4, 0.5) is 0 Å². The molecule has 1 aromatic carbocycles. The molecule has 0 aliphatic rings. The Hall–Kier alpha value is -2.05. The second-order valence-corrected chi connectivity index (χ2v) is 3.39. The van der Waals surface area contributed by atoms with Crippen molar-refractivity contribution in [3.05, 3.63) is 65.8 Å². The minimum Gasteiger partial charge on any atom is -0.357 e. The smallest absolute Gasteiger partial charge is 0.330 e. The fourth-order valence-electron chi connectivity index (χ4n) is 1.27. The summed E-state index contributed by atoms with van der Waals surface area (Å²) in [5.41, 5.74) is 1.12. The van der Waals surface area contributed by atoms with Crippen LogP contribution in [0, 0.1) is 0 Å². The van der Waals surface area contributed by atoms with Crippen molar-refractivity contribution in [3.8, 4) is 0 Å². The summed E-state index contributed by atoms with van der Waals surface area (Å²) in [6.07, 6.45) is 5.84. The molecule has 2 aromatic rings. The Balaban J connectivity index is 2.38. The summed E-state index contributed by atoms with van der Waals surface area (Å²) >= 11 is 0. The van der Waals surface area contributed by atoms with E-state index in [0.29, 0.717) is 0 Å². The number of benzene rings is 1. The van der Waals surface area contributed by atoms with Crippen molar-refractivity contribution in [1.29, 1.82) is 0 Å². The predicted molar refractivity (Wildman–Crippen MR) is 62.3 cm³/mol. The van der Waals surface area contributed by atoms with Crippen molar-refractivity contribution in [2.45, 2.75) is 0 Å². The molecule has 0 aliphatic heterocycles. The van der Waals surface area contributed by atoms with Crippen LogP contribution in [0.15, 0.2) is 54.9 Å². The minimum absolute atomic E-state index is 0.969. The van der Waals surface area contributed by atoms with Crippen LogP contribution >= 0.6 is 0 Å². The Labute approximate surface area is 88.9 Å². The number of pyridine rings is 1. The Kier molecular flexibility index (Phi) is 2.82. The van der Waals surface area contributed by atoms with Crippen LogP contribution in [0.2, 0.25) is 0 Å². The average Bonchev–Trinajstić information content (AvgIpc) is 2.30. The molecule has 0 spiro atoms. The van der Waals surface area contributed by atoms with E-state index in [9.17, 15) is 0 Å². The predicted octanol–water partition coefficient (Wildman–Crippen LogP) is 1.11. The molecule has 0 saturated heterocycles. The molecule has 1 heterocycles. The van der Waals surface area contributed by atoms with Crippen LogP contribution in [-0.2, 0) is 7.05 Å². The lowest BCUT2D eigenvalue weighted by Crippen LogP contribution is -2.07. The number of hydrogen-bond acceptors (Lipinski definition) is 0. The standard InChI is InChI=1S/C13H13N2/c1-15-9-7-13(8-10-15)14-11-12-5-3-2-4-6-12/h2-11H,1H3/q+1. The molecule has 2 rings (SSSR count). The lowest BCUT2D eigenvalue weighted by molar-refractivity contribution is 0.897. The Morgan fingerprint density at radius 2 is 1.67 bits per heavy atom. The highest BCUT2D eigenvalue weighted by Gasteiger charge is 1.91. The zero-order valence-electron chi connectivity index (χ0n) is 8.67. The van der Waals surface area contributed by atoms with Gasteiger partial charge in [-0.15, -0.1) is 0 Å². The van der Waals surface area contributed by atoms with Crippen molar-refractivity contribution < 1.29 is 0 Å². The first kappa shape index (κ1) is 9.50. The first-order chi connectivity index (χ1) is 7.34. The van der Waals surface area contributed by atoms with Gasteiger partial charge in [0.25, 0.3) is 6.21 Å². The van der Waals surface area contributed by atoms with Crippen molar-refractivity contribution in [2.24, 2.45) is 7.05 Å². The van der Waals surface area contributed by atoms with E-state index < -0.39 is 0 Å². The Bertz CT molecular complexity index is 511. The van der Waals surface area contributed by atoms with Gasteiger partial charge in [-0.25, -0.2) is 0 Å². The van der Waals surface area contributed by atoms with Crippen LogP contribution in [0.25, 0.3) is 0 Å². The zero-order valence-corrected chi connectivity index (χ0v) is 8.67. The van der Waals surface area contributed by atoms with Gasteiger partial charge >= 0.3 is 5.36 Å². The highest BCUT2D eigenvalue weighted by atomic mass is 14.9. The third-order valence-corrected chi connectivity index (χ3v) is 2.12. The minimum atomic E-state index is 0.969. The third-order valence-electron chi connectivity index (χ3n) is 2.12. The number of nitrogens with zero attached hydrogens (tertiary/aromatic N) is 2. The summed E-state index contributed by atoms with van der Waals surface area (Å²) < 4.78 is 6.37. The quantitative estimate of drug-likeness (QED) is 0.482. The van der Waals surface area contributed by atoms with E-state index in [-0.39, 0.29) is 0 Å². The van der Waals surface area contributed by atoms with E-state index in [2.05, 4.69) is 4.67 Å². The second kappa shape index (κ2) is 4.45. The molecule has 0 aliphatic carbocycles. The molecule has 1 aromatic heterocycles. The summed E-state index contributed by atoms with van der Waals surface area (Å²) in [5, 5.41) is 0.969. The maximum absolute atomic E-state index is 4.38. The van der Waals surface area contributed by atoms with Crippen molar-refractivity contribution in [3.63, 3.8) is 0 Å². The maximum Gasteiger partial charge on any atom is 0.330 e. The molecule has 0 fully saturated rings. The van der Waals surface area contributed by atoms with Gasteiger partial charge in [0.1, 0.15) is 0 Å². The van der Waals surface area contributed by atoms with Gasteiger partial charge in [-0.3, -0.25) is 0 Å². The van der Waals surface area contributed by atoms with Crippen LogP contribution < -0.4 is 10.0 Å². The summed E-state index contributed by atoms with van der Waals surface area (Å²) in [5.74, 6) is 0. The van der Waals surface area contributed by atoms with Gasteiger partial charge in [0.05, 0.1) is 5.56 Å². The van der Waals surface area contributed by atoms with Crippen molar-refractivity contribution >= 4 is 6.21 Å². The van der Waals surface area contributed by atoms with Gasteiger partial charge in [-0.05, 0) is 12.1 Å². The highest BCUT2D eigenvalue weighted by molar-refractivity contribution is 5.77. The largest absolute Gasteiger partial charge is 0.357 e. The van der Waals surface area contributed by atoms with Gasteiger partial charge in [-0.2, -0.15) is 0 Å². The molecule has 2 heteroatoms. The van der Waals surface area contributed by atoms with Crippen molar-refractivity contribution in [1.82, 2.24) is 9.24 Å². The Morgan fingerprint density at radius 1 is 1.00 bits per heavy atom. The monoisotopic (exact) mass is 197 g/mol. The fourth-order valence-corrected chi connectivity index (χ4v) is 1.27. The molecule has 0 atom stereocenters. The van der Waals surface area contributed by atoms with Crippen LogP contribution in [0.1, 0.15) is 5.56 Å². The summed E-state index contributed by atoms with van der Waals surface area (Å²) in [4.78, 5) is 0. The molecule has 0 N–H and O–H groups in total. The maximum atomic E-state index is 4.38. The average molecular weight is 197 g/mol. The summed E-state index contributed by atoms with van der Waals surface area (Å²) in [6, 6.07) is 14.1. The van der Waals surface area contributed by atoms with Gasteiger partial charge in [0.15, 0.2) is 0 Å². The molecule has 15 heavy (non-hydrogen) atoms. The van der Waals surface area contributed by atoms with E-state index in [4.69, 9.17) is 0 Å². The highest BCUT2D eigenvalue weighted by Crippen LogP contribution is 1.91. The molecular weight excluding hydrogens is 184 g/mol. The first-order valence-corrected chi connectivity index (χ1v) is 4.89. The molecular formula is C13H13N2+. The van der Waals surface area contributed by atoms with E-state index in [1.54, 1.807) is 0 Å². The fraction of sp³-hybridized carbons (Fsp3) is 0.0769. The topological polar surface area (TPSA) is 19.0 Å². The number of aromatic nitrogens is 1. The lowest BCUT2D eigenvalue weighted by atomic mass is 10.2. The van der Waals surface area contributed by atoms with E-state index in [1.807, 2.05) is 72.7 Å². The normalized spacial score (nSPS) is 9.40. The summed E-state index contributed by atoms with van der Waals surface area (Å²) in [6.45, 7) is 0. The second-order valence-electron chi connectivity index (χ2n) is 3.39.